The number of aryl methyl sites for hydroxylation is 1. The van der Waals surface area contributed by atoms with Crippen LogP contribution in [-0.4, -0.2) is 18.9 Å². The lowest BCUT2D eigenvalue weighted by molar-refractivity contribution is -0.116. The van der Waals surface area contributed by atoms with Gasteiger partial charge in [-0.2, -0.15) is 0 Å². The highest BCUT2D eigenvalue weighted by Gasteiger charge is 2.21. The highest BCUT2D eigenvalue weighted by molar-refractivity contribution is 6.31. The van der Waals surface area contributed by atoms with E-state index in [4.69, 9.17) is 11.6 Å². The smallest absolute Gasteiger partial charge is 0.338 e. The molecular formula is C12H13ClO3. The lowest BCUT2D eigenvalue weighted by atomic mass is 10.00. The number of rotatable bonds is 3. The summed E-state index contributed by atoms with van der Waals surface area (Å²) in [5, 5.41) is -0.811. The van der Waals surface area contributed by atoms with Crippen LogP contribution in [0.1, 0.15) is 33.8 Å². The van der Waals surface area contributed by atoms with Gasteiger partial charge in [0.2, 0.25) is 0 Å². The minimum Gasteiger partial charge on any atom is -0.465 e. The van der Waals surface area contributed by atoms with Crippen LogP contribution in [0, 0.1) is 6.92 Å². The Labute approximate surface area is 99.4 Å². The molecule has 0 spiro atoms. The van der Waals surface area contributed by atoms with Gasteiger partial charge >= 0.3 is 5.97 Å². The molecule has 0 fully saturated rings. The topological polar surface area (TPSA) is 43.4 Å². The fraction of sp³-hybridized carbons (Fsp3) is 0.333. The van der Waals surface area contributed by atoms with Crippen molar-refractivity contribution in [3.8, 4) is 0 Å². The molecule has 3 nitrogen and oxygen atoms in total. The Morgan fingerprint density at radius 2 is 2.00 bits per heavy atom. The van der Waals surface area contributed by atoms with Crippen molar-refractivity contribution in [2.45, 2.75) is 19.2 Å². The molecule has 4 heteroatoms. The Bertz CT molecular complexity index is 426. The van der Waals surface area contributed by atoms with Crippen LogP contribution in [0.4, 0.5) is 0 Å². The fourth-order valence-corrected chi connectivity index (χ4v) is 1.59. The zero-order chi connectivity index (χ0) is 12.3. The van der Waals surface area contributed by atoms with E-state index in [2.05, 4.69) is 4.74 Å². The van der Waals surface area contributed by atoms with E-state index in [1.165, 1.54) is 14.0 Å². The molecule has 1 rings (SSSR count). The van der Waals surface area contributed by atoms with Crippen LogP contribution in [-0.2, 0) is 9.53 Å². The standard InChI is InChI=1S/C12H13ClO3/c1-7-4-5-9(12(15)16-3)10(6-7)11(13)8(2)14/h4-6,11H,1-3H3. The second-order valence-electron chi connectivity index (χ2n) is 3.56. The van der Waals surface area contributed by atoms with Crippen LogP contribution < -0.4 is 0 Å². The number of hydrogen-bond donors (Lipinski definition) is 0. The molecule has 1 unspecified atom stereocenters. The molecule has 0 aliphatic rings. The number of methoxy groups -OCH3 is 1. The number of benzene rings is 1. The number of carbonyl (C=O) groups is 2. The van der Waals surface area contributed by atoms with Crippen LogP contribution in [0.3, 0.4) is 0 Å². The van der Waals surface area contributed by atoms with Crippen LogP contribution in [0.15, 0.2) is 18.2 Å². The molecule has 0 amide bonds. The third-order valence-electron chi connectivity index (χ3n) is 2.24. The predicted octanol–water partition coefficient (Wildman–Crippen LogP) is 2.65. The number of halogens is 1. The number of ketones is 1. The fourth-order valence-electron chi connectivity index (χ4n) is 1.41. The number of alkyl halides is 1. The average molecular weight is 241 g/mol. The van der Waals surface area contributed by atoms with E-state index in [-0.39, 0.29) is 5.78 Å². The number of carbonyl (C=O) groups excluding carboxylic acids is 2. The van der Waals surface area contributed by atoms with Gasteiger partial charge in [-0.15, -0.1) is 11.6 Å². The number of ether oxygens (including phenoxy) is 1. The maximum absolute atomic E-state index is 11.5. The Morgan fingerprint density at radius 1 is 1.38 bits per heavy atom. The zero-order valence-corrected chi connectivity index (χ0v) is 10.2. The molecule has 0 saturated heterocycles. The Morgan fingerprint density at radius 3 is 2.50 bits per heavy atom. The zero-order valence-electron chi connectivity index (χ0n) is 9.41. The minimum absolute atomic E-state index is 0.197. The molecule has 86 valence electrons. The summed E-state index contributed by atoms with van der Waals surface area (Å²) in [4.78, 5) is 22.7. The summed E-state index contributed by atoms with van der Waals surface area (Å²) in [6, 6.07) is 5.12. The first-order valence-electron chi connectivity index (χ1n) is 4.80. The highest BCUT2D eigenvalue weighted by atomic mass is 35.5. The monoisotopic (exact) mass is 240 g/mol. The molecule has 1 atom stereocenters. The van der Waals surface area contributed by atoms with Crippen molar-refractivity contribution < 1.29 is 14.3 Å². The van der Waals surface area contributed by atoms with Gasteiger partial charge in [0.1, 0.15) is 5.38 Å². The van der Waals surface area contributed by atoms with Crippen molar-refractivity contribution in [3.05, 3.63) is 34.9 Å². The maximum Gasteiger partial charge on any atom is 0.338 e. The summed E-state index contributed by atoms with van der Waals surface area (Å²) < 4.78 is 4.64. The highest BCUT2D eigenvalue weighted by Crippen LogP contribution is 2.26. The van der Waals surface area contributed by atoms with Gasteiger partial charge in [-0.25, -0.2) is 4.79 Å². The van der Waals surface area contributed by atoms with Crippen molar-refractivity contribution in [1.82, 2.24) is 0 Å². The molecule has 0 radical (unpaired) electrons. The first-order chi connectivity index (χ1) is 7.47. The lowest BCUT2D eigenvalue weighted by Gasteiger charge is -2.11. The van der Waals surface area contributed by atoms with E-state index >= 15 is 0 Å². The molecule has 0 N–H and O–H groups in total. The Balaban J connectivity index is 3.28. The van der Waals surface area contributed by atoms with Gasteiger partial charge < -0.3 is 4.74 Å². The maximum atomic E-state index is 11.5. The summed E-state index contributed by atoms with van der Waals surface area (Å²) in [7, 11) is 1.29. The van der Waals surface area contributed by atoms with E-state index in [9.17, 15) is 9.59 Å². The number of Topliss-reactive ketones (excluding diaryl/α,β-unsaturated/α-hetero) is 1. The molecule has 0 bridgehead atoms. The van der Waals surface area contributed by atoms with Gasteiger partial charge in [0.15, 0.2) is 5.78 Å². The normalized spacial score (nSPS) is 12.0. The first-order valence-corrected chi connectivity index (χ1v) is 5.24. The van der Waals surface area contributed by atoms with E-state index in [1.54, 1.807) is 18.2 Å². The van der Waals surface area contributed by atoms with Crippen molar-refractivity contribution in [2.24, 2.45) is 0 Å². The summed E-state index contributed by atoms with van der Waals surface area (Å²) in [6.07, 6.45) is 0. The lowest BCUT2D eigenvalue weighted by Crippen LogP contribution is -2.11. The number of hydrogen-bond acceptors (Lipinski definition) is 3. The van der Waals surface area contributed by atoms with Gasteiger partial charge in [0.05, 0.1) is 12.7 Å². The molecule has 0 saturated carbocycles. The van der Waals surface area contributed by atoms with Gasteiger partial charge in [-0.1, -0.05) is 17.7 Å². The third kappa shape index (κ3) is 2.61. The third-order valence-corrected chi connectivity index (χ3v) is 2.78. The Hall–Kier alpha value is -1.35. The van der Waals surface area contributed by atoms with Gasteiger partial charge in [-0.3, -0.25) is 4.79 Å². The SMILES string of the molecule is COC(=O)c1ccc(C)cc1C(Cl)C(C)=O. The summed E-state index contributed by atoms with van der Waals surface area (Å²) >= 11 is 5.96. The molecular weight excluding hydrogens is 228 g/mol. The molecule has 1 aromatic carbocycles. The van der Waals surface area contributed by atoms with Crippen LogP contribution in [0.2, 0.25) is 0 Å². The van der Waals surface area contributed by atoms with E-state index in [1.807, 2.05) is 6.92 Å². The van der Waals surface area contributed by atoms with Gasteiger partial charge in [0, 0.05) is 0 Å². The molecule has 0 aliphatic heterocycles. The largest absolute Gasteiger partial charge is 0.465 e. The Kier molecular flexibility index (Phi) is 4.07. The average Bonchev–Trinajstić information content (AvgIpc) is 2.26. The van der Waals surface area contributed by atoms with Crippen LogP contribution in [0.25, 0.3) is 0 Å². The second-order valence-corrected chi connectivity index (χ2v) is 3.99. The van der Waals surface area contributed by atoms with Crippen LogP contribution >= 0.6 is 11.6 Å². The van der Waals surface area contributed by atoms with Gasteiger partial charge in [-0.05, 0) is 25.5 Å². The van der Waals surface area contributed by atoms with Crippen molar-refractivity contribution >= 4 is 23.4 Å². The first kappa shape index (κ1) is 12.7. The summed E-state index contributed by atoms with van der Waals surface area (Å²) in [6.45, 7) is 3.26. The van der Waals surface area contributed by atoms with Gasteiger partial charge in [0.25, 0.3) is 0 Å². The van der Waals surface area contributed by atoms with E-state index in [0.717, 1.165) is 5.56 Å². The molecule has 1 aromatic rings. The molecule has 0 aliphatic carbocycles. The number of esters is 1. The summed E-state index contributed by atoms with van der Waals surface area (Å²) in [5.74, 6) is -0.681. The molecule has 0 heterocycles. The van der Waals surface area contributed by atoms with E-state index in [0.29, 0.717) is 11.1 Å². The van der Waals surface area contributed by atoms with E-state index < -0.39 is 11.3 Å². The second kappa shape index (κ2) is 5.12. The molecule has 0 aromatic heterocycles. The van der Waals surface area contributed by atoms with Crippen molar-refractivity contribution in [1.29, 1.82) is 0 Å². The molecule has 16 heavy (non-hydrogen) atoms. The minimum atomic E-state index is -0.811. The summed E-state index contributed by atoms with van der Waals surface area (Å²) in [5.41, 5.74) is 1.78. The van der Waals surface area contributed by atoms with Crippen molar-refractivity contribution in [2.75, 3.05) is 7.11 Å². The van der Waals surface area contributed by atoms with Crippen molar-refractivity contribution in [3.63, 3.8) is 0 Å². The quantitative estimate of drug-likeness (QED) is 0.603. The van der Waals surface area contributed by atoms with Crippen LogP contribution in [0.5, 0.6) is 0 Å². The predicted molar refractivity (Wildman–Crippen MR) is 61.8 cm³/mol.